The van der Waals surface area contributed by atoms with Crippen molar-refractivity contribution in [2.24, 2.45) is 0 Å². The van der Waals surface area contributed by atoms with Gasteiger partial charge in [-0.25, -0.2) is 0 Å². The van der Waals surface area contributed by atoms with E-state index in [2.05, 4.69) is 10.6 Å². The molecule has 0 bridgehead atoms. The van der Waals surface area contributed by atoms with Crippen LogP contribution in [0.5, 0.6) is 0 Å². The topological polar surface area (TPSA) is 114 Å². The molecule has 0 radical (unpaired) electrons. The van der Waals surface area contributed by atoms with Crippen molar-refractivity contribution in [2.45, 2.75) is 82.1 Å². The molecule has 0 aliphatic carbocycles. The van der Waals surface area contributed by atoms with Crippen LogP contribution in [0.4, 0.5) is 13.2 Å². The van der Waals surface area contributed by atoms with E-state index < -0.39 is 59.8 Å². The molecule has 2 saturated heterocycles. The molecule has 3 aliphatic rings. The first-order valence-electron chi connectivity index (χ1n) is 12.6. The summed E-state index contributed by atoms with van der Waals surface area (Å²) in [5.74, 6) is -2.26. The minimum absolute atomic E-state index is 0.0566. The maximum atomic E-state index is 13.7. The van der Waals surface area contributed by atoms with Gasteiger partial charge in [0.05, 0.1) is 12.0 Å². The number of hydrogen-bond donors (Lipinski definition) is 2. The van der Waals surface area contributed by atoms with Gasteiger partial charge in [0, 0.05) is 18.2 Å². The van der Waals surface area contributed by atoms with Crippen molar-refractivity contribution in [3.05, 3.63) is 47.5 Å². The summed E-state index contributed by atoms with van der Waals surface area (Å²) in [6.45, 7) is 2.01. The van der Waals surface area contributed by atoms with E-state index in [4.69, 9.17) is 9.47 Å². The summed E-state index contributed by atoms with van der Waals surface area (Å²) in [5.41, 5.74) is -1.20. The third-order valence-electron chi connectivity index (χ3n) is 6.92. The number of amides is 3. The Bertz CT molecular complexity index is 1110. The molecule has 4 rings (SSSR count). The van der Waals surface area contributed by atoms with Gasteiger partial charge in [0.25, 0.3) is 5.91 Å². The van der Waals surface area contributed by atoms with Gasteiger partial charge >= 0.3 is 12.1 Å². The summed E-state index contributed by atoms with van der Waals surface area (Å²) in [5, 5.41) is 5.35. The number of benzene rings is 1. The predicted octanol–water partition coefficient (Wildman–Crippen LogP) is 2.70. The number of hydrogen-bond acceptors (Lipinski definition) is 6. The molecule has 206 valence electrons. The molecule has 1 aromatic rings. The van der Waals surface area contributed by atoms with Crippen LogP contribution in [0.1, 0.15) is 61.4 Å². The summed E-state index contributed by atoms with van der Waals surface area (Å²) in [6, 6.07) is 1.06. The monoisotopic (exact) mass is 537 g/mol. The molecule has 38 heavy (non-hydrogen) atoms. The van der Waals surface area contributed by atoms with E-state index in [0.717, 1.165) is 18.2 Å². The van der Waals surface area contributed by atoms with Crippen LogP contribution in [0.3, 0.4) is 0 Å². The van der Waals surface area contributed by atoms with Crippen LogP contribution >= 0.6 is 0 Å². The second-order valence-corrected chi connectivity index (χ2v) is 9.53. The number of fused-ring (bicyclic) bond motifs is 1. The first kappa shape index (κ1) is 27.6. The molecule has 3 aliphatic heterocycles. The summed E-state index contributed by atoms with van der Waals surface area (Å²) in [4.78, 5) is 53.2. The van der Waals surface area contributed by atoms with Gasteiger partial charge in [0.1, 0.15) is 18.1 Å². The van der Waals surface area contributed by atoms with Crippen molar-refractivity contribution >= 4 is 23.7 Å². The second kappa shape index (κ2) is 11.5. The lowest BCUT2D eigenvalue weighted by molar-refractivity contribution is -0.165. The van der Waals surface area contributed by atoms with Gasteiger partial charge in [-0.1, -0.05) is 18.2 Å². The first-order chi connectivity index (χ1) is 18.1. The number of nitrogens with zero attached hydrogens (tertiary/aromatic N) is 1. The number of nitrogens with one attached hydrogen (secondary N) is 2. The van der Waals surface area contributed by atoms with Gasteiger partial charge in [0.15, 0.2) is 0 Å². The highest BCUT2D eigenvalue weighted by Gasteiger charge is 2.44. The standard InChI is InChI=1S/C26H30F3N3O6/c1-2-37-25-19(14-21(33)38-25)31-23(35)20-12-6-10-17-9-3-4-11-18(24(36)32(17)20)30-22(34)15-7-5-8-16(13-15)26(27,28)29/h3-5,7-8,13,17-20,25H,2,6,9-12,14H2,1H3,(H,30,34)(H,31,35)/b4-3-/t17-,18-,19?,20-,25?/m0/s1. The Labute approximate surface area is 217 Å². The SMILES string of the molecule is CCOC1OC(=O)CC1NC(=O)[C@@H]1CCC[C@@H]2C/C=C\C[C@H](NC(=O)c3cccc(C(F)(F)F)c3)C(=O)N21. The molecule has 3 amide bonds. The second-order valence-electron chi connectivity index (χ2n) is 9.53. The highest BCUT2D eigenvalue weighted by Crippen LogP contribution is 2.31. The van der Waals surface area contributed by atoms with E-state index in [9.17, 15) is 32.3 Å². The molecule has 2 unspecified atom stereocenters. The molecule has 0 aromatic heterocycles. The molecular weight excluding hydrogens is 507 g/mol. The molecule has 0 saturated carbocycles. The van der Waals surface area contributed by atoms with Gasteiger partial charge < -0.3 is 25.0 Å². The highest BCUT2D eigenvalue weighted by molar-refractivity contribution is 5.99. The van der Waals surface area contributed by atoms with Crippen LogP contribution in [0.2, 0.25) is 0 Å². The number of piperidine rings is 1. The highest BCUT2D eigenvalue weighted by atomic mass is 19.4. The van der Waals surface area contributed by atoms with Crippen molar-refractivity contribution in [3.8, 4) is 0 Å². The van der Waals surface area contributed by atoms with Crippen LogP contribution < -0.4 is 10.6 Å². The number of ether oxygens (including phenoxy) is 2. The molecule has 12 heteroatoms. The third kappa shape index (κ3) is 6.17. The molecule has 1 aromatic carbocycles. The summed E-state index contributed by atoms with van der Waals surface area (Å²) in [7, 11) is 0. The van der Waals surface area contributed by atoms with Crippen LogP contribution in [-0.4, -0.2) is 65.7 Å². The van der Waals surface area contributed by atoms with Gasteiger partial charge in [-0.15, -0.1) is 0 Å². The number of carbonyl (C=O) groups excluding carboxylic acids is 4. The van der Waals surface area contributed by atoms with Gasteiger partial charge in [0.2, 0.25) is 18.1 Å². The van der Waals surface area contributed by atoms with Crippen LogP contribution in [-0.2, 0) is 30.0 Å². The van der Waals surface area contributed by atoms with Crippen LogP contribution in [0, 0.1) is 0 Å². The lowest BCUT2D eigenvalue weighted by Gasteiger charge is -2.43. The normalized spacial score (nSPS) is 28.5. The Balaban J connectivity index is 1.52. The predicted molar refractivity (Wildman–Crippen MR) is 127 cm³/mol. The van der Waals surface area contributed by atoms with E-state index >= 15 is 0 Å². The number of carbonyl (C=O) groups is 4. The molecule has 2 fully saturated rings. The maximum absolute atomic E-state index is 13.7. The minimum Gasteiger partial charge on any atom is -0.433 e. The van der Waals surface area contributed by atoms with Crippen molar-refractivity contribution < 1.29 is 41.8 Å². The van der Waals surface area contributed by atoms with Gasteiger partial charge in [-0.05, 0) is 57.2 Å². The zero-order valence-corrected chi connectivity index (χ0v) is 20.8. The van der Waals surface area contributed by atoms with Gasteiger partial charge in [-0.3, -0.25) is 19.2 Å². The van der Waals surface area contributed by atoms with Crippen molar-refractivity contribution in [1.29, 1.82) is 0 Å². The lowest BCUT2D eigenvalue weighted by atomic mass is 9.90. The third-order valence-corrected chi connectivity index (χ3v) is 6.92. The van der Waals surface area contributed by atoms with E-state index in [1.807, 2.05) is 6.08 Å². The number of rotatable bonds is 6. The average molecular weight is 538 g/mol. The number of cyclic esters (lactones) is 1. The van der Waals surface area contributed by atoms with Crippen LogP contribution in [0.25, 0.3) is 0 Å². The number of esters is 1. The fourth-order valence-electron chi connectivity index (χ4n) is 5.12. The fraction of sp³-hybridized carbons (Fsp3) is 0.538. The Morgan fingerprint density at radius 2 is 1.89 bits per heavy atom. The zero-order valence-electron chi connectivity index (χ0n) is 20.8. The molecule has 9 nitrogen and oxygen atoms in total. The summed E-state index contributed by atoms with van der Waals surface area (Å²) < 4.78 is 49.9. The summed E-state index contributed by atoms with van der Waals surface area (Å²) in [6.07, 6.45) is 0.415. The Kier molecular flexibility index (Phi) is 8.39. The number of halogens is 3. The van der Waals surface area contributed by atoms with Crippen molar-refractivity contribution in [1.82, 2.24) is 15.5 Å². The smallest absolute Gasteiger partial charge is 0.416 e. The zero-order chi connectivity index (χ0) is 27.4. The largest absolute Gasteiger partial charge is 0.433 e. The molecule has 0 spiro atoms. The Hall–Kier alpha value is -3.41. The van der Waals surface area contributed by atoms with E-state index in [-0.39, 0.29) is 31.1 Å². The molecule has 2 N–H and O–H groups in total. The van der Waals surface area contributed by atoms with E-state index in [1.165, 1.54) is 11.0 Å². The van der Waals surface area contributed by atoms with Crippen molar-refractivity contribution in [3.63, 3.8) is 0 Å². The van der Waals surface area contributed by atoms with Crippen molar-refractivity contribution in [2.75, 3.05) is 6.61 Å². The fourth-order valence-corrected chi connectivity index (χ4v) is 5.12. The van der Waals surface area contributed by atoms with Crippen LogP contribution in [0.15, 0.2) is 36.4 Å². The Morgan fingerprint density at radius 3 is 2.63 bits per heavy atom. The number of alkyl halides is 3. The van der Waals surface area contributed by atoms with Gasteiger partial charge in [-0.2, -0.15) is 13.2 Å². The lowest BCUT2D eigenvalue weighted by Crippen LogP contribution is -2.62. The molecule has 3 heterocycles. The Morgan fingerprint density at radius 1 is 1.13 bits per heavy atom. The first-order valence-corrected chi connectivity index (χ1v) is 12.6. The van der Waals surface area contributed by atoms with E-state index in [1.54, 1.807) is 13.0 Å². The van der Waals surface area contributed by atoms with E-state index in [0.29, 0.717) is 25.7 Å². The molecule has 5 atom stereocenters. The molecular formula is C26H30F3N3O6. The quantitative estimate of drug-likeness (QED) is 0.426. The maximum Gasteiger partial charge on any atom is 0.416 e. The minimum atomic E-state index is -4.62. The average Bonchev–Trinajstić information content (AvgIpc) is 3.22. The summed E-state index contributed by atoms with van der Waals surface area (Å²) >= 11 is 0.